The zero-order valence-electron chi connectivity index (χ0n) is 9.96. The van der Waals surface area contributed by atoms with Crippen LogP contribution in [0.1, 0.15) is 35.3 Å². The van der Waals surface area contributed by atoms with Crippen molar-refractivity contribution < 1.29 is 9.53 Å². The highest BCUT2D eigenvalue weighted by Gasteiger charge is 2.32. The number of Topliss-reactive ketones (excluding diaryl/α,β-unsaturated/α-hetero) is 1. The van der Waals surface area contributed by atoms with Crippen molar-refractivity contribution in [2.24, 2.45) is 5.41 Å². The van der Waals surface area contributed by atoms with E-state index in [9.17, 15) is 4.79 Å². The second kappa shape index (κ2) is 4.45. The van der Waals surface area contributed by atoms with E-state index < -0.39 is 0 Å². The van der Waals surface area contributed by atoms with Gasteiger partial charge in [0.25, 0.3) is 0 Å². The van der Waals surface area contributed by atoms with E-state index in [2.05, 4.69) is 0 Å². The number of hydrogen-bond acceptors (Lipinski definition) is 3. The van der Waals surface area contributed by atoms with Crippen molar-refractivity contribution in [3.8, 4) is 0 Å². The molecular weight excluding hydrogens is 208 g/mol. The van der Waals surface area contributed by atoms with Gasteiger partial charge in [0.2, 0.25) is 5.78 Å². The Hall–Kier alpha value is -0.670. The molecule has 1 unspecified atom stereocenters. The van der Waals surface area contributed by atoms with Crippen molar-refractivity contribution in [3.63, 3.8) is 0 Å². The van der Waals surface area contributed by atoms with Crippen molar-refractivity contribution in [1.82, 2.24) is 0 Å². The minimum absolute atomic E-state index is 0.0862. The van der Waals surface area contributed by atoms with Crippen molar-refractivity contribution in [3.05, 3.63) is 21.9 Å². The number of carbonyl (C=O) groups is 1. The Bertz CT molecular complexity index is 347. The van der Waals surface area contributed by atoms with Crippen LogP contribution in [0.25, 0.3) is 0 Å². The summed E-state index contributed by atoms with van der Waals surface area (Å²) in [6, 6.07) is 3.84. The van der Waals surface area contributed by atoms with Gasteiger partial charge >= 0.3 is 0 Å². The van der Waals surface area contributed by atoms with Crippen LogP contribution in [0.5, 0.6) is 0 Å². The molecule has 84 valence electrons. The predicted octanol–water partition coefficient (Wildman–Crippen LogP) is 3.30. The second-order valence-corrected chi connectivity index (χ2v) is 6.04. The Labute approximate surface area is 95.3 Å². The minimum Gasteiger partial charge on any atom is -0.373 e. The van der Waals surface area contributed by atoms with E-state index in [0.717, 1.165) is 9.75 Å². The summed E-state index contributed by atoms with van der Waals surface area (Å²) in [4.78, 5) is 14.1. The molecule has 0 aromatic carbocycles. The Morgan fingerprint density at radius 3 is 2.33 bits per heavy atom. The lowest BCUT2D eigenvalue weighted by molar-refractivity contribution is 0.0199. The largest absolute Gasteiger partial charge is 0.373 e. The fourth-order valence-corrected chi connectivity index (χ4v) is 2.38. The molecule has 1 atom stereocenters. The molecule has 0 aliphatic heterocycles. The first-order chi connectivity index (χ1) is 6.86. The van der Waals surface area contributed by atoms with Gasteiger partial charge in [-0.2, -0.15) is 0 Å². The van der Waals surface area contributed by atoms with E-state index in [1.165, 1.54) is 11.3 Å². The summed E-state index contributed by atoms with van der Waals surface area (Å²) in [6.45, 7) is 8.04. The summed E-state index contributed by atoms with van der Waals surface area (Å²) >= 11 is 1.53. The molecule has 0 spiro atoms. The lowest BCUT2D eigenvalue weighted by atomic mass is 9.86. The van der Waals surface area contributed by atoms with Crippen molar-refractivity contribution >= 4 is 17.1 Å². The third kappa shape index (κ3) is 2.89. The highest BCUT2D eigenvalue weighted by Crippen LogP contribution is 2.27. The molecule has 1 aromatic rings. The molecule has 15 heavy (non-hydrogen) atoms. The first-order valence-electron chi connectivity index (χ1n) is 4.99. The normalized spacial score (nSPS) is 13.9. The van der Waals surface area contributed by atoms with E-state index in [1.54, 1.807) is 7.11 Å². The summed E-state index contributed by atoms with van der Waals surface area (Å²) in [5.74, 6) is 0.0862. The lowest BCUT2D eigenvalue weighted by Gasteiger charge is -2.27. The average molecular weight is 226 g/mol. The van der Waals surface area contributed by atoms with Crippen LogP contribution in [0.3, 0.4) is 0 Å². The SMILES string of the molecule is COC(C(=O)c1ccc(C)s1)C(C)(C)C. The summed E-state index contributed by atoms with van der Waals surface area (Å²) in [6.07, 6.45) is -0.365. The molecule has 0 aliphatic rings. The monoisotopic (exact) mass is 226 g/mol. The third-order valence-corrected chi connectivity index (χ3v) is 3.26. The van der Waals surface area contributed by atoms with Crippen LogP contribution in [0, 0.1) is 12.3 Å². The first kappa shape index (κ1) is 12.4. The van der Waals surface area contributed by atoms with Crippen LogP contribution in [0.15, 0.2) is 12.1 Å². The van der Waals surface area contributed by atoms with Crippen LogP contribution in [-0.2, 0) is 4.74 Å². The number of carbonyl (C=O) groups excluding carboxylic acids is 1. The molecule has 0 radical (unpaired) electrons. The molecule has 0 bridgehead atoms. The molecule has 3 heteroatoms. The molecule has 0 saturated heterocycles. The summed E-state index contributed by atoms with van der Waals surface area (Å²) in [5, 5.41) is 0. The van der Waals surface area contributed by atoms with Crippen LogP contribution >= 0.6 is 11.3 Å². The van der Waals surface area contributed by atoms with Crippen LogP contribution in [0.4, 0.5) is 0 Å². The predicted molar refractivity (Wildman–Crippen MR) is 63.6 cm³/mol. The molecule has 1 rings (SSSR count). The summed E-state index contributed by atoms with van der Waals surface area (Å²) < 4.78 is 5.30. The van der Waals surface area contributed by atoms with E-state index >= 15 is 0 Å². The van der Waals surface area contributed by atoms with Crippen LogP contribution in [0.2, 0.25) is 0 Å². The quantitative estimate of drug-likeness (QED) is 0.739. The third-order valence-electron chi connectivity index (χ3n) is 2.24. The van der Waals surface area contributed by atoms with E-state index in [4.69, 9.17) is 4.74 Å². The van der Waals surface area contributed by atoms with Gasteiger partial charge in [0.05, 0.1) is 4.88 Å². The van der Waals surface area contributed by atoms with Gasteiger partial charge in [-0.3, -0.25) is 4.79 Å². The number of thiophene rings is 1. The number of rotatable bonds is 3. The lowest BCUT2D eigenvalue weighted by Crippen LogP contribution is -2.35. The van der Waals surface area contributed by atoms with E-state index in [1.807, 2.05) is 39.8 Å². The smallest absolute Gasteiger partial charge is 0.201 e. The van der Waals surface area contributed by atoms with Crippen LogP contribution in [-0.4, -0.2) is 19.0 Å². The van der Waals surface area contributed by atoms with Gasteiger partial charge in [0, 0.05) is 12.0 Å². The summed E-state index contributed by atoms with van der Waals surface area (Å²) in [5.41, 5.74) is -0.163. The van der Waals surface area contributed by atoms with Gasteiger partial charge in [-0.25, -0.2) is 0 Å². The number of ether oxygens (including phenoxy) is 1. The fraction of sp³-hybridized carbons (Fsp3) is 0.583. The molecule has 0 amide bonds. The standard InChI is InChI=1S/C12H18O2S/c1-8-6-7-9(15-8)10(13)11(14-5)12(2,3)4/h6-7,11H,1-5H3. The van der Waals surface area contributed by atoms with Gasteiger partial charge in [0.1, 0.15) is 6.10 Å². The van der Waals surface area contributed by atoms with Crippen molar-refractivity contribution in [2.45, 2.75) is 33.8 Å². The second-order valence-electron chi connectivity index (χ2n) is 4.76. The Morgan fingerprint density at radius 2 is 2.00 bits per heavy atom. The topological polar surface area (TPSA) is 26.3 Å². The molecule has 0 N–H and O–H groups in total. The fourth-order valence-electron chi connectivity index (χ4n) is 1.55. The van der Waals surface area contributed by atoms with Gasteiger partial charge in [-0.15, -0.1) is 11.3 Å². The van der Waals surface area contributed by atoms with Gasteiger partial charge in [-0.1, -0.05) is 20.8 Å². The van der Waals surface area contributed by atoms with Crippen molar-refractivity contribution in [1.29, 1.82) is 0 Å². The molecular formula is C12H18O2S. The number of hydrogen-bond donors (Lipinski definition) is 0. The maximum Gasteiger partial charge on any atom is 0.201 e. The Kier molecular flexibility index (Phi) is 3.68. The van der Waals surface area contributed by atoms with Gasteiger partial charge in [0.15, 0.2) is 0 Å². The molecule has 0 saturated carbocycles. The van der Waals surface area contributed by atoms with E-state index in [-0.39, 0.29) is 17.3 Å². The minimum atomic E-state index is -0.365. The maximum atomic E-state index is 12.1. The van der Waals surface area contributed by atoms with Gasteiger partial charge in [-0.05, 0) is 24.5 Å². The van der Waals surface area contributed by atoms with Crippen molar-refractivity contribution in [2.75, 3.05) is 7.11 Å². The van der Waals surface area contributed by atoms with E-state index in [0.29, 0.717) is 0 Å². The average Bonchev–Trinajstić information content (AvgIpc) is 2.50. The van der Waals surface area contributed by atoms with Crippen LogP contribution < -0.4 is 0 Å². The number of aryl methyl sites for hydroxylation is 1. The molecule has 1 aromatic heterocycles. The Balaban J connectivity index is 2.92. The highest BCUT2D eigenvalue weighted by atomic mass is 32.1. The summed E-state index contributed by atoms with van der Waals surface area (Å²) in [7, 11) is 1.59. The molecule has 0 fully saturated rings. The first-order valence-corrected chi connectivity index (χ1v) is 5.81. The molecule has 1 heterocycles. The maximum absolute atomic E-state index is 12.1. The highest BCUT2D eigenvalue weighted by molar-refractivity contribution is 7.14. The Morgan fingerprint density at radius 1 is 1.40 bits per heavy atom. The molecule has 0 aliphatic carbocycles. The van der Waals surface area contributed by atoms with Gasteiger partial charge < -0.3 is 4.74 Å². The zero-order valence-corrected chi connectivity index (χ0v) is 10.8. The number of ketones is 1. The molecule has 2 nitrogen and oxygen atoms in total. The zero-order chi connectivity index (χ0) is 11.6. The number of methoxy groups -OCH3 is 1.